The Kier molecular flexibility index (Phi) is 3.78. The van der Waals surface area contributed by atoms with Crippen LogP contribution in [0.15, 0.2) is 103 Å². The first-order valence-electron chi connectivity index (χ1n) is 9.96. The van der Waals surface area contributed by atoms with E-state index >= 15 is 0 Å². The van der Waals surface area contributed by atoms with Gasteiger partial charge < -0.3 is 0 Å². The number of nitrogens with zero attached hydrogens (tertiary/aromatic N) is 3. The summed E-state index contributed by atoms with van der Waals surface area (Å²) >= 11 is 0. The second-order valence-electron chi connectivity index (χ2n) is 7.37. The summed E-state index contributed by atoms with van der Waals surface area (Å²) in [4.78, 5) is 14.1. The Labute approximate surface area is 173 Å². The molecule has 0 unspecified atom stereocenters. The van der Waals surface area contributed by atoms with Crippen LogP contribution < -0.4 is 0 Å². The standard InChI is InChI=1S/C27H17N3/c1-5-20(22-8-2-10-25-23(22)9-4-15-28-25)17-21(6-1)24-14-13-19-12-11-18-7-3-16-29-26(18)27(19)30-24/h1-17H. The van der Waals surface area contributed by atoms with E-state index in [4.69, 9.17) is 4.98 Å². The van der Waals surface area contributed by atoms with E-state index in [9.17, 15) is 0 Å². The number of rotatable bonds is 2. The molecular weight excluding hydrogens is 366 g/mol. The van der Waals surface area contributed by atoms with Gasteiger partial charge in [-0.3, -0.25) is 9.97 Å². The summed E-state index contributed by atoms with van der Waals surface area (Å²) < 4.78 is 0. The van der Waals surface area contributed by atoms with Crippen LogP contribution in [0.3, 0.4) is 0 Å². The summed E-state index contributed by atoms with van der Waals surface area (Å²) in [6.45, 7) is 0. The molecule has 3 heteroatoms. The van der Waals surface area contributed by atoms with E-state index in [1.807, 2.05) is 30.6 Å². The molecule has 30 heavy (non-hydrogen) atoms. The summed E-state index contributed by atoms with van der Waals surface area (Å²) in [5, 5.41) is 3.35. The Bertz CT molecular complexity index is 1550. The van der Waals surface area contributed by atoms with Gasteiger partial charge in [0.25, 0.3) is 0 Å². The molecule has 0 aliphatic heterocycles. The molecule has 0 saturated heterocycles. The summed E-state index contributed by atoms with van der Waals surface area (Å²) in [6, 6.07) is 31.4. The van der Waals surface area contributed by atoms with Crippen LogP contribution in [0.1, 0.15) is 0 Å². The van der Waals surface area contributed by atoms with Crippen molar-refractivity contribution in [3.05, 3.63) is 103 Å². The molecule has 6 aromatic rings. The summed E-state index contributed by atoms with van der Waals surface area (Å²) in [5.41, 5.74) is 7.24. The molecule has 0 aliphatic rings. The van der Waals surface area contributed by atoms with Crippen molar-refractivity contribution in [1.29, 1.82) is 0 Å². The van der Waals surface area contributed by atoms with Crippen LogP contribution in [0.5, 0.6) is 0 Å². The van der Waals surface area contributed by atoms with Crippen LogP contribution >= 0.6 is 0 Å². The molecular formula is C27H17N3. The van der Waals surface area contributed by atoms with Crippen molar-refractivity contribution in [3.63, 3.8) is 0 Å². The van der Waals surface area contributed by atoms with Gasteiger partial charge in [0, 0.05) is 34.1 Å². The topological polar surface area (TPSA) is 38.7 Å². The van der Waals surface area contributed by atoms with Crippen LogP contribution in [0.4, 0.5) is 0 Å². The van der Waals surface area contributed by atoms with Crippen molar-refractivity contribution >= 4 is 32.7 Å². The van der Waals surface area contributed by atoms with Crippen LogP contribution in [-0.2, 0) is 0 Å². The molecule has 6 rings (SSSR count). The van der Waals surface area contributed by atoms with Crippen molar-refractivity contribution < 1.29 is 0 Å². The van der Waals surface area contributed by atoms with Gasteiger partial charge in [-0.25, -0.2) is 4.98 Å². The first-order chi connectivity index (χ1) is 14.9. The maximum Gasteiger partial charge on any atom is 0.0972 e. The molecule has 0 fully saturated rings. The molecule has 0 saturated carbocycles. The second kappa shape index (κ2) is 6.75. The third-order valence-electron chi connectivity index (χ3n) is 5.55. The third-order valence-corrected chi connectivity index (χ3v) is 5.55. The van der Waals surface area contributed by atoms with Crippen LogP contribution in [0.25, 0.3) is 55.1 Å². The lowest BCUT2D eigenvalue weighted by Gasteiger charge is -2.09. The van der Waals surface area contributed by atoms with Gasteiger partial charge in [0.15, 0.2) is 0 Å². The fraction of sp³-hybridized carbons (Fsp3) is 0. The minimum Gasteiger partial charge on any atom is -0.256 e. The molecule has 3 nitrogen and oxygen atoms in total. The van der Waals surface area contributed by atoms with Crippen molar-refractivity contribution in [1.82, 2.24) is 15.0 Å². The molecule has 3 heterocycles. The lowest BCUT2D eigenvalue weighted by Crippen LogP contribution is -1.89. The zero-order valence-electron chi connectivity index (χ0n) is 16.2. The van der Waals surface area contributed by atoms with E-state index in [1.54, 1.807) is 0 Å². The van der Waals surface area contributed by atoms with E-state index < -0.39 is 0 Å². The van der Waals surface area contributed by atoms with E-state index in [-0.39, 0.29) is 0 Å². The molecule has 0 atom stereocenters. The average Bonchev–Trinajstić information content (AvgIpc) is 2.83. The highest BCUT2D eigenvalue weighted by molar-refractivity contribution is 6.03. The lowest BCUT2D eigenvalue weighted by atomic mass is 9.98. The second-order valence-corrected chi connectivity index (χ2v) is 7.37. The number of hydrogen-bond acceptors (Lipinski definition) is 3. The lowest BCUT2D eigenvalue weighted by molar-refractivity contribution is 1.37. The quantitative estimate of drug-likeness (QED) is 0.314. The molecule has 3 aromatic carbocycles. The SMILES string of the molecule is c1cc(-c2ccc3ccc4cccnc4c3n2)cc(-c2cccc3ncccc23)c1. The normalized spacial score (nSPS) is 11.3. The Morgan fingerprint density at radius 3 is 2.27 bits per heavy atom. The Morgan fingerprint density at radius 1 is 0.533 bits per heavy atom. The van der Waals surface area contributed by atoms with Crippen molar-refractivity contribution in [2.75, 3.05) is 0 Å². The maximum atomic E-state index is 5.00. The third kappa shape index (κ3) is 2.72. The Hall–Kier alpha value is -4.11. The summed E-state index contributed by atoms with van der Waals surface area (Å²) in [6.07, 6.45) is 3.66. The van der Waals surface area contributed by atoms with Gasteiger partial charge in [0.05, 0.1) is 22.2 Å². The highest BCUT2D eigenvalue weighted by Gasteiger charge is 2.09. The van der Waals surface area contributed by atoms with Crippen molar-refractivity contribution in [2.45, 2.75) is 0 Å². The molecule has 3 aromatic heterocycles. The predicted molar refractivity (Wildman–Crippen MR) is 123 cm³/mol. The number of aromatic nitrogens is 3. The highest BCUT2D eigenvalue weighted by atomic mass is 14.7. The molecule has 0 spiro atoms. The average molecular weight is 383 g/mol. The summed E-state index contributed by atoms with van der Waals surface area (Å²) in [5.74, 6) is 0. The molecule has 0 amide bonds. The van der Waals surface area contributed by atoms with E-state index in [1.165, 1.54) is 5.56 Å². The monoisotopic (exact) mass is 383 g/mol. The summed E-state index contributed by atoms with van der Waals surface area (Å²) in [7, 11) is 0. The fourth-order valence-corrected chi connectivity index (χ4v) is 4.09. The van der Waals surface area contributed by atoms with Gasteiger partial charge in [-0.15, -0.1) is 0 Å². The van der Waals surface area contributed by atoms with Crippen molar-refractivity contribution in [2.24, 2.45) is 0 Å². The minimum absolute atomic E-state index is 0.936. The smallest absolute Gasteiger partial charge is 0.0972 e. The molecule has 0 radical (unpaired) electrons. The van der Waals surface area contributed by atoms with Crippen LogP contribution in [-0.4, -0.2) is 15.0 Å². The fourth-order valence-electron chi connectivity index (χ4n) is 4.09. The van der Waals surface area contributed by atoms with Gasteiger partial charge >= 0.3 is 0 Å². The zero-order chi connectivity index (χ0) is 19.9. The number of benzene rings is 3. The number of hydrogen-bond donors (Lipinski definition) is 0. The Balaban J connectivity index is 1.53. The van der Waals surface area contributed by atoms with Gasteiger partial charge in [0.1, 0.15) is 0 Å². The van der Waals surface area contributed by atoms with Crippen LogP contribution in [0, 0.1) is 0 Å². The first kappa shape index (κ1) is 16.8. The molecule has 0 N–H and O–H groups in total. The molecule has 0 aliphatic carbocycles. The predicted octanol–water partition coefficient (Wildman–Crippen LogP) is 6.67. The van der Waals surface area contributed by atoms with E-state index in [0.717, 1.165) is 49.5 Å². The highest BCUT2D eigenvalue weighted by Crippen LogP contribution is 2.31. The minimum atomic E-state index is 0.936. The largest absolute Gasteiger partial charge is 0.256 e. The van der Waals surface area contributed by atoms with E-state index in [0.29, 0.717) is 0 Å². The molecule has 0 bridgehead atoms. The van der Waals surface area contributed by atoms with Gasteiger partial charge in [0.2, 0.25) is 0 Å². The van der Waals surface area contributed by atoms with E-state index in [2.05, 4.69) is 82.8 Å². The van der Waals surface area contributed by atoms with Gasteiger partial charge in [-0.1, -0.05) is 60.7 Å². The van der Waals surface area contributed by atoms with Gasteiger partial charge in [-0.05, 0) is 41.5 Å². The first-order valence-corrected chi connectivity index (χ1v) is 9.96. The van der Waals surface area contributed by atoms with Crippen molar-refractivity contribution in [3.8, 4) is 22.4 Å². The molecule has 140 valence electrons. The van der Waals surface area contributed by atoms with Crippen LogP contribution in [0.2, 0.25) is 0 Å². The van der Waals surface area contributed by atoms with Gasteiger partial charge in [-0.2, -0.15) is 0 Å². The zero-order valence-corrected chi connectivity index (χ0v) is 16.2. The Morgan fingerprint density at radius 2 is 1.30 bits per heavy atom. The number of fused-ring (bicyclic) bond motifs is 4. The number of pyridine rings is 3. The maximum absolute atomic E-state index is 5.00.